The Morgan fingerprint density at radius 2 is 1.59 bits per heavy atom. The maximum atomic E-state index is 12.5. The Bertz CT molecular complexity index is 577. The molecule has 1 atom stereocenters. The van der Waals surface area contributed by atoms with Crippen molar-refractivity contribution in [3.63, 3.8) is 0 Å². The third-order valence-corrected chi connectivity index (χ3v) is 6.12. The zero-order chi connectivity index (χ0) is 19.1. The van der Waals surface area contributed by atoms with E-state index in [0.29, 0.717) is 13.1 Å². The number of carbonyl (C=O) groups excluding carboxylic acids is 1. The van der Waals surface area contributed by atoms with Crippen LogP contribution in [0.1, 0.15) is 57.6 Å². The summed E-state index contributed by atoms with van der Waals surface area (Å²) < 4.78 is 0. The normalized spacial score (nSPS) is 20.4. The molecular formula is C22H36N4O. The van der Waals surface area contributed by atoms with Crippen molar-refractivity contribution in [3.05, 3.63) is 35.9 Å². The summed E-state index contributed by atoms with van der Waals surface area (Å²) in [6, 6.07) is 10.8. The van der Waals surface area contributed by atoms with Gasteiger partial charge in [-0.2, -0.15) is 0 Å². The SMILES string of the molecule is CC(C)(CNC(=O)NCC(c1ccccc1)N1CCCC1)N1CCCCC1. The van der Waals surface area contributed by atoms with E-state index in [1.807, 2.05) is 6.07 Å². The number of nitrogens with one attached hydrogen (secondary N) is 2. The topological polar surface area (TPSA) is 47.6 Å². The van der Waals surface area contributed by atoms with Crippen LogP contribution in [0.5, 0.6) is 0 Å². The van der Waals surface area contributed by atoms with Gasteiger partial charge in [0.05, 0.1) is 6.04 Å². The number of piperidine rings is 1. The average molecular weight is 373 g/mol. The highest BCUT2D eigenvalue weighted by molar-refractivity contribution is 5.74. The number of likely N-dealkylation sites (tertiary alicyclic amines) is 2. The van der Waals surface area contributed by atoms with Gasteiger partial charge in [0.15, 0.2) is 0 Å². The monoisotopic (exact) mass is 372 g/mol. The fourth-order valence-electron chi connectivity index (χ4n) is 4.35. The Balaban J connectivity index is 1.50. The van der Waals surface area contributed by atoms with Gasteiger partial charge < -0.3 is 10.6 Å². The predicted molar refractivity (Wildman–Crippen MR) is 111 cm³/mol. The van der Waals surface area contributed by atoms with Crippen LogP contribution in [-0.2, 0) is 0 Å². The van der Waals surface area contributed by atoms with Crippen LogP contribution in [0.15, 0.2) is 30.3 Å². The molecule has 5 nitrogen and oxygen atoms in total. The van der Waals surface area contributed by atoms with E-state index in [4.69, 9.17) is 0 Å². The van der Waals surface area contributed by atoms with E-state index in [1.165, 1.54) is 37.7 Å². The molecule has 2 aliphatic rings. The quantitative estimate of drug-likeness (QED) is 0.771. The number of nitrogens with zero attached hydrogens (tertiary/aromatic N) is 2. The third-order valence-electron chi connectivity index (χ3n) is 6.12. The van der Waals surface area contributed by atoms with Crippen molar-refractivity contribution in [2.45, 2.75) is 57.5 Å². The first-order valence-electron chi connectivity index (χ1n) is 10.6. The fourth-order valence-corrected chi connectivity index (χ4v) is 4.35. The average Bonchev–Trinajstić information content (AvgIpc) is 3.23. The molecule has 2 heterocycles. The van der Waals surface area contributed by atoms with Gasteiger partial charge in [-0.3, -0.25) is 9.80 Å². The maximum Gasteiger partial charge on any atom is 0.314 e. The molecule has 2 N–H and O–H groups in total. The molecule has 150 valence electrons. The van der Waals surface area contributed by atoms with E-state index in [2.05, 4.69) is 58.5 Å². The van der Waals surface area contributed by atoms with Crippen molar-refractivity contribution in [1.82, 2.24) is 20.4 Å². The smallest absolute Gasteiger partial charge is 0.314 e. The van der Waals surface area contributed by atoms with Crippen LogP contribution in [0.2, 0.25) is 0 Å². The molecule has 0 bridgehead atoms. The second-order valence-electron chi connectivity index (χ2n) is 8.59. The van der Waals surface area contributed by atoms with E-state index in [9.17, 15) is 4.79 Å². The maximum absolute atomic E-state index is 12.5. The number of urea groups is 1. The van der Waals surface area contributed by atoms with Gasteiger partial charge in [0.25, 0.3) is 0 Å². The van der Waals surface area contributed by atoms with Crippen LogP contribution < -0.4 is 10.6 Å². The Labute approximate surface area is 164 Å². The molecular weight excluding hydrogens is 336 g/mol. The lowest BCUT2D eigenvalue weighted by Gasteiger charge is -2.41. The molecule has 0 spiro atoms. The molecule has 0 saturated carbocycles. The lowest BCUT2D eigenvalue weighted by Crippen LogP contribution is -2.54. The summed E-state index contributed by atoms with van der Waals surface area (Å²) >= 11 is 0. The van der Waals surface area contributed by atoms with Crippen molar-refractivity contribution in [3.8, 4) is 0 Å². The van der Waals surface area contributed by atoms with Gasteiger partial charge in [0.1, 0.15) is 0 Å². The molecule has 1 aromatic rings. The highest BCUT2D eigenvalue weighted by Gasteiger charge is 2.28. The lowest BCUT2D eigenvalue weighted by atomic mass is 9.98. The number of carbonyl (C=O) groups is 1. The van der Waals surface area contributed by atoms with E-state index in [0.717, 1.165) is 26.2 Å². The summed E-state index contributed by atoms with van der Waals surface area (Å²) in [6.07, 6.45) is 6.37. The molecule has 1 aromatic carbocycles. The largest absolute Gasteiger partial charge is 0.336 e. The number of benzene rings is 1. The van der Waals surface area contributed by atoms with E-state index >= 15 is 0 Å². The zero-order valence-corrected chi connectivity index (χ0v) is 17.0. The first-order chi connectivity index (χ1) is 13.1. The van der Waals surface area contributed by atoms with E-state index in [1.54, 1.807) is 0 Å². The van der Waals surface area contributed by atoms with Crippen molar-refractivity contribution in [2.24, 2.45) is 0 Å². The minimum Gasteiger partial charge on any atom is -0.336 e. The second-order valence-corrected chi connectivity index (χ2v) is 8.59. The van der Waals surface area contributed by atoms with Gasteiger partial charge in [-0.1, -0.05) is 36.8 Å². The second kappa shape index (κ2) is 9.56. The van der Waals surface area contributed by atoms with E-state index < -0.39 is 0 Å². The lowest BCUT2D eigenvalue weighted by molar-refractivity contribution is 0.0959. The summed E-state index contributed by atoms with van der Waals surface area (Å²) in [5.41, 5.74) is 1.29. The number of hydrogen-bond acceptors (Lipinski definition) is 3. The van der Waals surface area contributed by atoms with Gasteiger partial charge >= 0.3 is 6.03 Å². The fraction of sp³-hybridized carbons (Fsp3) is 0.682. The number of hydrogen-bond donors (Lipinski definition) is 2. The molecule has 2 aliphatic heterocycles. The van der Waals surface area contributed by atoms with Crippen LogP contribution in [0.25, 0.3) is 0 Å². The Morgan fingerprint density at radius 1 is 0.963 bits per heavy atom. The molecule has 27 heavy (non-hydrogen) atoms. The van der Waals surface area contributed by atoms with Crippen LogP contribution in [0.4, 0.5) is 4.79 Å². The number of rotatable bonds is 7. The molecule has 0 radical (unpaired) electrons. The summed E-state index contributed by atoms with van der Waals surface area (Å²) in [6.45, 7) is 10.3. The Morgan fingerprint density at radius 3 is 2.26 bits per heavy atom. The highest BCUT2D eigenvalue weighted by Crippen LogP contribution is 2.24. The van der Waals surface area contributed by atoms with Gasteiger partial charge in [-0.25, -0.2) is 4.79 Å². The molecule has 0 aliphatic carbocycles. The van der Waals surface area contributed by atoms with Crippen LogP contribution in [0.3, 0.4) is 0 Å². The molecule has 5 heteroatoms. The minimum atomic E-state index is -0.0554. The highest BCUT2D eigenvalue weighted by atomic mass is 16.2. The minimum absolute atomic E-state index is 0.00550. The molecule has 2 fully saturated rings. The summed E-state index contributed by atoms with van der Waals surface area (Å²) in [4.78, 5) is 17.5. The Hall–Kier alpha value is -1.59. The van der Waals surface area contributed by atoms with Gasteiger partial charge in [0, 0.05) is 18.6 Å². The predicted octanol–water partition coefficient (Wildman–Crippen LogP) is 3.39. The summed E-state index contributed by atoms with van der Waals surface area (Å²) in [5.74, 6) is 0. The standard InChI is InChI=1S/C22H36N4O/c1-22(2,26-15-7-4-8-16-26)18-24-21(27)23-17-20(25-13-9-10-14-25)19-11-5-3-6-12-19/h3,5-6,11-12,20H,4,7-10,13-18H2,1-2H3,(H2,23,24,27). The third kappa shape index (κ3) is 5.69. The first kappa shape index (κ1) is 20.2. The molecule has 2 saturated heterocycles. The van der Waals surface area contributed by atoms with Crippen LogP contribution in [0, 0.1) is 0 Å². The zero-order valence-electron chi connectivity index (χ0n) is 17.0. The summed E-state index contributed by atoms with van der Waals surface area (Å²) in [7, 11) is 0. The van der Waals surface area contributed by atoms with Crippen molar-refractivity contribution < 1.29 is 4.79 Å². The molecule has 2 amide bonds. The van der Waals surface area contributed by atoms with Gasteiger partial charge in [-0.15, -0.1) is 0 Å². The summed E-state index contributed by atoms with van der Waals surface area (Å²) in [5, 5.41) is 6.23. The van der Waals surface area contributed by atoms with Crippen LogP contribution in [-0.4, -0.2) is 60.6 Å². The molecule has 0 aromatic heterocycles. The first-order valence-corrected chi connectivity index (χ1v) is 10.6. The van der Waals surface area contributed by atoms with Gasteiger partial charge in [-0.05, 0) is 71.3 Å². The van der Waals surface area contributed by atoms with Crippen molar-refractivity contribution in [1.29, 1.82) is 0 Å². The molecule has 1 unspecified atom stereocenters. The Kier molecular flexibility index (Phi) is 7.13. The van der Waals surface area contributed by atoms with Crippen molar-refractivity contribution in [2.75, 3.05) is 39.3 Å². The van der Waals surface area contributed by atoms with Gasteiger partial charge in [0.2, 0.25) is 0 Å². The van der Waals surface area contributed by atoms with E-state index in [-0.39, 0.29) is 17.6 Å². The molecule has 3 rings (SSSR count). The number of amides is 2. The van der Waals surface area contributed by atoms with Crippen molar-refractivity contribution >= 4 is 6.03 Å². The van der Waals surface area contributed by atoms with Crippen LogP contribution >= 0.6 is 0 Å².